The van der Waals surface area contributed by atoms with Gasteiger partial charge in [0.25, 0.3) is 0 Å². The summed E-state index contributed by atoms with van der Waals surface area (Å²) in [5, 5.41) is 1.84. The number of nitrogens with zero attached hydrogens (tertiary/aromatic N) is 1. The first-order valence-corrected chi connectivity index (χ1v) is 6.76. The maximum atomic E-state index is 13.2. The minimum atomic E-state index is -0.486. The second-order valence-corrected chi connectivity index (χ2v) is 4.92. The maximum absolute atomic E-state index is 13.2. The SMILES string of the molecule is NCc1cnc(Oc2ccc(F)c(Cl)c2)c2ccccc12. The van der Waals surface area contributed by atoms with Crippen LogP contribution in [-0.2, 0) is 6.54 Å². The van der Waals surface area contributed by atoms with Gasteiger partial charge in [0.2, 0.25) is 5.88 Å². The van der Waals surface area contributed by atoms with Crippen molar-refractivity contribution in [3.63, 3.8) is 0 Å². The van der Waals surface area contributed by atoms with Crippen LogP contribution in [0.5, 0.6) is 11.6 Å². The van der Waals surface area contributed by atoms with Gasteiger partial charge >= 0.3 is 0 Å². The zero-order valence-electron chi connectivity index (χ0n) is 11.0. The van der Waals surface area contributed by atoms with Gasteiger partial charge in [-0.15, -0.1) is 0 Å². The highest BCUT2D eigenvalue weighted by Crippen LogP contribution is 2.31. The van der Waals surface area contributed by atoms with Gasteiger partial charge in [0.05, 0.1) is 5.02 Å². The van der Waals surface area contributed by atoms with Gasteiger partial charge in [-0.3, -0.25) is 0 Å². The van der Waals surface area contributed by atoms with E-state index in [2.05, 4.69) is 4.98 Å². The van der Waals surface area contributed by atoms with Gasteiger partial charge in [0.15, 0.2) is 0 Å². The van der Waals surface area contributed by atoms with E-state index in [1.165, 1.54) is 18.2 Å². The van der Waals surface area contributed by atoms with Crippen LogP contribution in [0.3, 0.4) is 0 Å². The molecule has 0 saturated heterocycles. The molecule has 0 aliphatic rings. The Kier molecular flexibility index (Phi) is 3.73. The molecule has 0 atom stereocenters. The third-order valence-electron chi connectivity index (χ3n) is 3.17. The molecule has 3 rings (SSSR count). The van der Waals surface area contributed by atoms with Gasteiger partial charge in [-0.25, -0.2) is 9.37 Å². The lowest BCUT2D eigenvalue weighted by molar-refractivity contribution is 0.467. The highest BCUT2D eigenvalue weighted by molar-refractivity contribution is 6.30. The molecule has 5 heteroatoms. The fourth-order valence-corrected chi connectivity index (χ4v) is 2.29. The molecular weight excluding hydrogens is 291 g/mol. The lowest BCUT2D eigenvalue weighted by Gasteiger charge is -2.10. The van der Waals surface area contributed by atoms with Gasteiger partial charge in [0.1, 0.15) is 11.6 Å². The first kappa shape index (κ1) is 13.8. The fourth-order valence-electron chi connectivity index (χ4n) is 2.12. The van der Waals surface area contributed by atoms with Crippen molar-refractivity contribution in [2.75, 3.05) is 0 Å². The molecule has 0 unspecified atom stereocenters. The Hall–Kier alpha value is -2.17. The summed E-state index contributed by atoms with van der Waals surface area (Å²) >= 11 is 5.75. The lowest BCUT2D eigenvalue weighted by atomic mass is 10.1. The van der Waals surface area contributed by atoms with Gasteiger partial charge in [-0.2, -0.15) is 0 Å². The molecule has 2 N–H and O–H groups in total. The van der Waals surface area contributed by atoms with Gasteiger partial charge in [-0.05, 0) is 29.1 Å². The summed E-state index contributed by atoms with van der Waals surface area (Å²) in [7, 11) is 0. The Labute approximate surface area is 126 Å². The van der Waals surface area contributed by atoms with E-state index in [-0.39, 0.29) is 5.02 Å². The van der Waals surface area contributed by atoms with Gasteiger partial charge in [-0.1, -0.05) is 29.8 Å². The molecular formula is C16H12ClFN2O. The minimum Gasteiger partial charge on any atom is -0.438 e. The maximum Gasteiger partial charge on any atom is 0.227 e. The van der Waals surface area contributed by atoms with Crippen molar-refractivity contribution in [1.82, 2.24) is 4.98 Å². The molecule has 0 spiro atoms. The number of ether oxygens (including phenoxy) is 1. The van der Waals surface area contributed by atoms with Crippen molar-refractivity contribution in [3.8, 4) is 11.6 Å². The number of halogens is 2. The van der Waals surface area contributed by atoms with E-state index in [4.69, 9.17) is 22.1 Å². The molecule has 0 fully saturated rings. The number of pyridine rings is 1. The molecule has 21 heavy (non-hydrogen) atoms. The lowest BCUT2D eigenvalue weighted by Crippen LogP contribution is -1.99. The van der Waals surface area contributed by atoms with Gasteiger partial charge < -0.3 is 10.5 Å². The van der Waals surface area contributed by atoms with Crippen LogP contribution < -0.4 is 10.5 Å². The van der Waals surface area contributed by atoms with Gasteiger partial charge in [0, 0.05) is 24.2 Å². The molecule has 3 nitrogen and oxygen atoms in total. The number of hydrogen-bond donors (Lipinski definition) is 1. The standard InChI is InChI=1S/C16H12ClFN2O/c17-14-7-11(5-6-15(14)18)21-16-13-4-2-1-3-12(13)10(8-19)9-20-16/h1-7,9H,8,19H2. The Morgan fingerprint density at radius 1 is 1.14 bits per heavy atom. The summed E-state index contributed by atoms with van der Waals surface area (Å²) < 4.78 is 18.9. The molecule has 0 aliphatic heterocycles. The Morgan fingerprint density at radius 3 is 2.62 bits per heavy atom. The molecule has 3 aromatic rings. The number of aromatic nitrogens is 1. The van der Waals surface area contributed by atoms with Crippen molar-refractivity contribution in [2.45, 2.75) is 6.54 Å². The van der Waals surface area contributed by atoms with Crippen LogP contribution in [0.2, 0.25) is 5.02 Å². The highest BCUT2D eigenvalue weighted by atomic mass is 35.5. The zero-order chi connectivity index (χ0) is 14.8. The smallest absolute Gasteiger partial charge is 0.227 e. The summed E-state index contributed by atoms with van der Waals surface area (Å²) in [5.41, 5.74) is 6.66. The fraction of sp³-hybridized carbons (Fsp3) is 0.0625. The first-order chi connectivity index (χ1) is 10.2. The van der Waals surface area contributed by atoms with Crippen LogP contribution in [0.1, 0.15) is 5.56 Å². The Balaban J connectivity index is 2.06. The number of benzene rings is 2. The average molecular weight is 303 g/mol. The molecule has 106 valence electrons. The van der Waals surface area contributed by atoms with Crippen LogP contribution in [0, 0.1) is 5.82 Å². The second-order valence-electron chi connectivity index (χ2n) is 4.52. The van der Waals surface area contributed by atoms with Crippen LogP contribution >= 0.6 is 11.6 Å². The average Bonchev–Trinajstić information content (AvgIpc) is 2.51. The molecule has 1 heterocycles. The molecule has 2 aromatic carbocycles. The van der Waals surface area contributed by atoms with E-state index in [0.29, 0.717) is 18.2 Å². The molecule has 0 amide bonds. The normalized spacial score (nSPS) is 10.8. The second kappa shape index (κ2) is 5.68. The van der Waals surface area contributed by atoms with Crippen LogP contribution in [0.25, 0.3) is 10.8 Å². The zero-order valence-corrected chi connectivity index (χ0v) is 11.8. The summed E-state index contributed by atoms with van der Waals surface area (Å²) in [5.74, 6) is 0.380. The number of hydrogen-bond acceptors (Lipinski definition) is 3. The van der Waals surface area contributed by atoms with E-state index < -0.39 is 5.82 Å². The third kappa shape index (κ3) is 2.68. The largest absolute Gasteiger partial charge is 0.438 e. The van der Waals surface area contributed by atoms with E-state index >= 15 is 0 Å². The number of rotatable bonds is 3. The van der Waals surface area contributed by atoms with E-state index in [9.17, 15) is 4.39 Å². The molecule has 0 aliphatic carbocycles. The predicted molar refractivity (Wildman–Crippen MR) is 81.1 cm³/mol. The summed E-state index contributed by atoms with van der Waals surface area (Å²) in [6, 6.07) is 11.9. The van der Waals surface area contributed by atoms with Crippen LogP contribution in [-0.4, -0.2) is 4.98 Å². The van der Waals surface area contributed by atoms with Crippen molar-refractivity contribution < 1.29 is 9.13 Å². The Bertz CT molecular complexity index is 807. The first-order valence-electron chi connectivity index (χ1n) is 6.38. The monoisotopic (exact) mass is 302 g/mol. The Morgan fingerprint density at radius 2 is 1.90 bits per heavy atom. The summed E-state index contributed by atoms with van der Waals surface area (Å²) in [4.78, 5) is 4.29. The van der Waals surface area contributed by atoms with E-state index in [0.717, 1.165) is 16.3 Å². The quantitative estimate of drug-likeness (QED) is 0.785. The molecule has 0 radical (unpaired) electrons. The summed E-state index contributed by atoms with van der Waals surface area (Å²) in [6.45, 7) is 0.399. The van der Waals surface area contributed by atoms with E-state index in [1.807, 2.05) is 24.3 Å². The molecule has 1 aromatic heterocycles. The van der Waals surface area contributed by atoms with Crippen molar-refractivity contribution in [1.29, 1.82) is 0 Å². The highest BCUT2D eigenvalue weighted by Gasteiger charge is 2.09. The third-order valence-corrected chi connectivity index (χ3v) is 3.46. The van der Waals surface area contributed by atoms with Crippen LogP contribution in [0.15, 0.2) is 48.7 Å². The topological polar surface area (TPSA) is 48.1 Å². The summed E-state index contributed by atoms with van der Waals surface area (Å²) in [6.07, 6.45) is 1.68. The molecule has 0 saturated carbocycles. The minimum absolute atomic E-state index is 0.00961. The predicted octanol–water partition coefficient (Wildman–Crippen LogP) is 4.28. The van der Waals surface area contributed by atoms with Crippen LogP contribution in [0.4, 0.5) is 4.39 Å². The van der Waals surface area contributed by atoms with Crippen molar-refractivity contribution in [2.24, 2.45) is 5.73 Å². The number of nitrogens with two attached hydrogens (primary N) is 1. The number of fused-ring (bicyclic) bond motifs is 1. The van der Waals surface area contributed by atoms with E-state index in [1.54, 1.807) is 6.20 Å². The molecule has 0 bridgehead atoms. The van der Waals surface area contributed by atoms with Crippen molar-refractivity contribution >= 4 is 22.4 Å². The van der Waals surface area contributed by atoms with Crippen molar-refractivity contribution in [3.05, 3.63) is 65.1 Å².